The molecule has 2 unspecified atom stereocenters. The van der Waals surface area contributed by atoms with Crippen molar-refractivity contribution < 1.29 is 9.53 Å². The van der Waals surface area contributed by atoms with Crippen LogP contribution in [-0.2, 0) is 4.74 Å². The van der Waals surface area contributed by atoms with E-state index in [-0.39, 0.29) is 18.2 Å². The Labute approximate surface area is 168 Å². The average Bonchev–Trinajstić information content (AvgIpc) is 3.12. The summed E-state index contributed by atoms with van der Waals surface area (Å²) in [5, 5.41) is 7.14. The molecule has 28 heavy (non-hydrogen) atoms. The van der Waals surface area contributed by atoms with Crippen molar-refractivity contribution in [2.24, 2.45) is 0 Å². The second-order valence-corrected chi connectivity index (χ2v) is 8.42. The van der Waals surface area contributed by atoms with E-state index >= 15 is 0 Å². The smallest absolute Gasteiger partial charge is 0.319 e. The molecule has 0 bridgehead atoms. The molecule has 1 aliphatic heterocycles. The normalized spacial score (nSPS) is 19.7. The molecule has 0 aliphatic carbocycles. The lowest BCUT2D eigenvalue weighted by molar-refractivity contribution is 0.00235. The summed E-state index contributed by atoms with van der Waals surface area (Å²) in [5.74, 6) is 0.401. The Kier molecular flexibility index (Phi) is 5.54. The third-order valence-electron chi connectivity index (χ3n) is 4.83. The second-order valence-electron chi connectivity index (χ2n) is 7.35. The van der Waals surface area contributed by atoms with Gasteiger partial charge in [0.15, 0.2) is 0 Å². The molecule has 4 rings (SSSR count). The van der Waals surface area contributed by atoms with Crippen molar-refractivity contribution in [2.75, 3.05) is 11.9 Å². The van der Waals surface area contributed by atoms with Crippen LogP contribution in [0.4, 0.5) is 10.5 Å². The molecule has 0 spiro atoms. The van der Waals surface area contributed by atoms with E-state index in [1.807, 2.05) is 36.5 Å². The maximum absolute atomic E-state index is 12.5. The quantitative estimate of drug-likeness (QED) is 0.660. The van der Waals surface area contributed by atoms with Crippen molar-refractivity contribution in [1.82, 2.24) is 15.3 Å². The number of nitrogens with one attached hydrogen (secondary N) is 2. The van der Waals surface area contributed by atoms with Gasteiger partial charge in [-0.3, -0.25) is 4.98 Å². The maximum atomic E-state index is 12.5. The van der Waals surface area contributed by atoms with Gasteiger partial charge in [-0.1, -0.05) is 19.9 Å². The topological polar surface area (TPSA) is 76.1 Å². The molecule has 2 N–H and O–H groups in total. The lowest BCUT2D eigenvalue weighted by Crippen LogP contribution is -2.42. The molecule has 7 heteroatoms. The monoisotopic (exact) mass is 396 g/mol. The summed E-state index contributed by atoms with van der Waals surface area (Å²) >= 11 is 1.67. The number of hydrogen-bond donors (Lipinski definition) is 2. The number of nitrogens with zero attached hydrogens (tertiary/aromatic N) is 2. The number of aromatic nitrogens is 2. The van der Waals surface area contributed by atoms with Gasteiger partial charge in [-0.05, 0) is 42.7 Å². The number of carbonyl (C=O) groups is 1. The minimum atomic E-state index is -0.190. The molecular formula is C21H24N4O2S. The lowest BCUT2D eigenvalue weighted by atomic mass is 9.99. The van der Waals surface area contributed by atoms with Gasteiger partial charge < -0.3 is 15.4 Å². The summed E-state index contributed by atoms with van der Waals surface area (Å²) in [5.41, 5.74) is 2.80. The van der Waals surface area contributed by atoms with Crippen molar-refractivity contribution in [2.45, 2.75) is 44.8 Å². The number of thiazole rings is 1. The van der Waals surface area contributed by atoms with E-state index in [2.05, 4.69) is 34.4 Å². The standard InChI is InChI=1S/C21H24N4O2S/c1-13(2)20-25-17-6-5-15(11-19(17)28-20)23-21(26)24-16-7-9-27-18(10-16)14-4-3-8-22-12-14/h3-6,8,11-13,16,18H,7,9-10H2,1-2H3,(H2,23,24,26). The fourth-order valence-corrected chi connectivity index (χ4v) is 4.36. The minimum absolute atomic E-state index is 0.0317. The van der Waals surface area contributed by atoms with Crippen LogP contribution >= 0.6 is 11.3 Å². The largest absolute Gasteiger partial charge is 0.373 e. The molecule has 2 amide bonds. The summed E-state index contributed by atoms with van der Waals surface area (Å²) in [7, 11) is 0. The Morgan fingerprint density at radius 1 is 1.32 bits per heavy atom. The van der Waals surface area contributed by atoms with Crippen molar-refractivity contribution in [3.05, 3.63) is 53.3 Å². The fraction of sp³-hybridized carbons (Fsp3) is 0.381. The van der Waals surface area contributed by atoms with E-state index in [0.29, 0.717) is 12.5 Å². The second kappa shape index (κ2) is 8.24. The highest BCUT2D eigenvalue weighted by Gasteiger charge is 2.25. The molecule has 1 aromatic carbocycles. The molecule has 0 saturated carbocycles. The molecule has 2 atom stereocenters. The molecule has 146 valence electrons. The van der Waals surface area contributed by atoms with E-state index in [1.54, 1.807) is 17.5 Å². The molecule has 3 heterocycles. The first-order chi connectivity index (χ1) is 13.6. The zero-order chi connectivity index (χ0) is 19.5. The highest BCUT2D eigenvalue weighted by Crippen LogP contribution is 2.30. The SMILES string of the molecule is CC(C)c1nc2ccc(NC(=O)NC3CCOC(c4cccnc4)C3)cc2s1. The van der Waals surface area contributed by atoms with Crippen LogP contribution in [0.15, 0.2) is 42.7 Å². The first-order valence-corrected chi connectivity index (χ1v) is 10.4. The van der Waals surface area contributed by atoms with Crippen LogP contribution in [0.5, 0.6) is 0 Å². The number of rotatable bonds is 4. The molecule has 6 nitrogen and oxygen atoms in total. The minimum Gasteiger partial charge on any atom is -0.373 e. The van der Waals surface area contributed by atoms with Crippen LogP contribution in [0.25, 0.3) is 10.2 Å². The summed E-state index contributed by atoms with van der Waals surface area (Å²) in [4.78, 5) is 21.3. The van der Waals surface area contributed by atoms with Gasteiger partial charge in [-0.2, -0.15) is 0 Å². The van der Waals surface area contributed by atoms with Crippen LogP contribution < -0.4 is 10.6 Å². The van der Waals surface area contributed by atoms with Gasteiger partial charge in [-0.25, -0.2) is 9.78 Å². The van der Waals surface area contributed by atoms with Gasteiger partial charge >= 0.3 is 6.03 Å². The molecule has 1 fully saturated rings. The van der Waals surface area contributed by atoms with Gasteiger partial charge in [0.05, 0.1) is 21.3 Å². The number of pyridine rings is 1. The first kappa shape index (κ1) is 18.8. The highest BCUT2D eigenvalue weighted by atomic mass is 32.1. The Hall–Kier alpha value is -2.51. The Bertz CT molecular complexity index is 957. The number of urea groups is 1. The molecule has 0 radical (unpaired) electrons. The Balaban J connectivity index is 1.38. The van der Waals surface area contributed by atoms with Crippen LogP contribution in [0.2, 0.25) is 0 Å². The number of hydrogen-bond acceptors (Lipinski definition) is 5. The first-order valence-electron chi connectivity index (χ1n) is 9.58. The van der Waals surface area contributed by atoms with Crippen LogP contribution in [0, 0.1) is 0 Å². The molecule has 2 aromatic heterocycles. The number of benzene rings is 1. The van der Waals surface area contributed by atoms with E-state index < -0.39 is 0 Å². The average molecular weight is 397 g/mol. The van der Waals surface area contributed by atoms with Gasteiger partial charge in [0.25, 0.3) is 0 Å². The van der Waals surface area contributed by atoms with Crippen molar-refractivity contribution in [3.8, 4) is 0 Å². The van der Waals surface area contributed by atoms with Crippen molar-refractivity contribution in [1.29, 1.82) is 0 Å². The predicted octanol–water partition coefficient (Wildman–Crippen LogP) is 4.86. The van der Waals surface area contributed by atoms with Gasteiger partial charge in [0, 0.05) is 36.6 Å². The van der Waals surface area contributed by atoms with E-state index in [4.69, 9.17) is 4.74 Å². The fourth-order valence-electron chi connectivity index (χ4n) is 3.35. The Morgan fingerprint density at radius 3 is 3.00 bits per heavy atom. The summed E-state index contributed by atoms with van der Waals surface area (Å²) in [6.45, 7) is 4.89. The van der Waals surface area contributed by atoms with E-state index in [1.165, 1.54) is 0 Å². The third-order valence-corrected chi connectivity index (χ3v) is 6.15. The van der Waals surface area contributed by atoms with Crippen LogP contribution in [0.1, 0.15) is 49.3 Å². The molecule has 3 aromatic rings. The third kappa shape index (κ3) is 4.31. The van der Waals surface area contributed by atoms with Crippen LogP contribution in [0.3, 0.4) is 0 Å². The molecular weight excluding hydrogens is 372 g/mol. The number of carbonyl (C=O) groups excluding carboxylic acids is 1. The summed E-state index contributed by atoms with van der Waals surface area (Å²) in [6, 6.07) is 9.64. The number of amides is 2. The number of anilines is 1. The van der Waals surface area contributed by atoms with Gasteiger partial charge in [0.2, 0.25) is 0 Å². The van der Waals surface area contributed by atoms with Gasteiger partial charge in [-0.15, -0.1) is 11.3 Å². The highest BCUT2D eigenvalue weighted by molar-refractivity contribution is 7.18. The van der Waals surface area contributed by atoms with E-state index in [0.717, 1.165) is 39.3 Å². The predicted molar refractivity (Wildman–Crippen MR) is 112 cm³/mol. The Morgan fingerprint density at radius 2 is 2.21 bits per heavy atom. The molecule has 1 aliphatic rings. The lowest BCUT2D eigenvalue weighted by Gasteiger charge is -2.30. The van der Waals surface area contributed by atoms with Crippen molar-refractivity contribution in [3.63, 3.8) is 0 Å². The van der Waals surface area contributed by atoms with E-state index in [9.17, 15) is 4.79 Å². The summed E-state index contributed by atoms with van der Waals surface area (Å²) in [6.07, 6.45) is 5.08. The number of fused-ring (bicyclic) bond motifs is 1. The van der Waals surface area contributed by atoms with Gasteiger partial charge in [0.1, 0.15) is 0 Å². The van der Waals surface area contributed by atoms with Crippen molar-refractivity contribution >= 4 is 33.3 Å². The number of ether oxygens (including phenoxy) is 1. The van der Waals surface area contributed by atoms with Crippen LogP contribution in [-0.4, -0.2) is 28.6 Å². The maximum Gasteiger partial charge on any atom is 0.319 e. The summed E-state index contributed by atoms with van der Waals surface area (Å²) < 4.78 is 6.93. The zero-order valence-electron chi connectivity index (χ0n) is 16.0. The zero-order valence-corrected chi connectivity index (χ0v) is 16.8. The molecule has 1 saturated heterocycles.